The molecule has 0 aliphatic heterocycles. The highest BCUT2D eigenvalue weighted by Gasteiger charge is 2.26. The van der Waals surface area contributed by atoms with Crippen LogP contribution in [0.5, 0.6) is 0 Å². The molecule has 1 aromatic rings. The van der Waals surface area contributed by atoms with Crippen molar-refractivity contribution in [3.8, 4) is 0 Å². The molecule has 0 radical (unpaired) electrons. The van der Waals surface area contributed by atoms with E-state index in [9.17, 15) is 9.59 Å². The number of carbonyl (C=O) groups is 2. The molecule has 1 saturated carbocycles. The third-order valence-electron chi connectivity index (χ3n) is 2.43. The van der Waals surface area contributed by atoms with Gasteiger partial charge in [-0.2, -0.15) is 5.10 Å². The van der Waals surface area contributed by atoms with Gasteiger partial charge in [-0.1, -0.05) is 0 Å². The Morgan fingerprint density at radius 3 is 2.88 bits per heavy atom. The molecule has 1 unspecified atom stereocenters. The molecule has 0 bridgehead atoms. The number of carbonyl (C=O) groups excluding carboxylic acids is 2. The third-order valence-corrected chi connectivity index (χ3v) is 2.43. The monoisotopic (exact) mass is 222 g/mol. The van der Waals surface area contributed by atoms with Gasteiger partial charge in [-0.25, -0.2) is 0 Å². The van der Waals surface area contributed by atoms with Crippen molar-refractivity contribution in [3.05, 3.63) is 18.0 Å². The smallest absolute Gasteiger partial charge is 0.255 e. The summed E-state index contributed by atoms with van der Waals surface area (Å²) >= 11 is 0. The molecule has 2 rings (SSSR count). The van der Waals surface area contributed by atoms with Gasteiger partial charge in [0, 0.05) is 12.2 Å². The van der Waals surface area contributed by atoms with Crippen molar-refractivity contribution < 1.29 is 9.59 Å². The van der Waals surface area contributed by atoms with E-state index in [1.807, 2.05) is 0 Å². The molecule has 1 aliphatic rings. The summed E-state index contributed by atoms with van der Waals surface area (Å²) in [5.41, 5.74) is 0.422. The lowest BCUT2D eigenvalue weighted by atomic mass is 10.2. The Balaban J connectivity index is 1.83. The van der Waals surface area contributed by atoms with E-state index in [4.69, 9.17) is 0 Å². The SMILES string of the molecule is CC(NC(=O)c1cn[nH]c1)C(=O)NC1CC1. The number of nitrogens with zero attached hydrogens (tertiary/aromatic N) is 1. The quantitative estimate of drug-likeness (QED) is 0.659. The van der Waals surface area contributed by atoms with E-state index < -0.39 is 6.04 Å². The average Bonchev–Trinajstić information content (AvgIpc) is 2.89. The van der Waals surface area contributed by atoms with E-state index in [1.54, 1.807) is 6.92 Å². The molecule has 1 atom stereocenters. The first-order valence-corrected chi connectivity index (χ1v) is 5.27. The van der Waals surface area contributed by atoms with Crippen LogP contribution in [0.4, 0.5) is 0 Å². The van der Waals surface area contributed by atoms with Gasteiger partial charge >= 0.3 is 0 Å². The van der Waals surface area contributed by atoms with Crippen molar-refractivity contribution >= 4 is 11.8 Å². The first-order chi connectivity index (χ1) is 7.66. The number of aromatic amines is 1. The van der Waals surface area contributed by atoms with Gasteiger partial charge in [-0.05, 0) is 19.8 Å². The predicted octanol–water partition coefficient (Wildman–Crippen LogP) is -0.193. The van der Waals surface area contributed by atoms with Crippen molar-refractivity contribution in [2.75, 3.05) is 0 Å². The number of aromatic nitrogens is 2. The molecule has 0 saturated heterocycles. The van der Waals surface area contributed by atoms with Crippen LogP contribution in [0.25, 0.3) is 0 Å². The Labute approximate surface area is 92.8 Å². The highest BCUT2D eigenvalue weighted by molar-refractivity contribution is 5.97. The minimum absolute atomic E-state index is 0.139. The van der Waals surface area contributed by atoms with E-state index in [0.717, 1.165) is 12.8 Å². The molecular weight excluding hydrogens is 208 g/mol. The van der Waals surface area contributed by atoms with Crippen LogP contribution < -0.4 is 10.6 Å². The Bertz CT molecular complexity index is 384. The Kier molecular flexibility index (Phi) is 2.89. The second-order valence-electron chi connectivity index (χ2n) is 3.96. The van der Waals surface area contributed by atoms with E-state index in [2.05, 4.69) is 20.8 Å². The van der Waals surface area contributed by atoms with Gasteiger partial charge in [0.25, 0.3) is 5.91 Å². The second-order valence-corrected chi connectivity index (χ2v) is 3.96. The fraction of sp³-hybridized carbons (Fsp3) is 0.500. The van der Waals surface area contributed by atoms with Gasteiger partial charge in [-0.3, -0.25) is 14.7 Å². The molecule has 86 valence electrons. The summed E-state index contributed by atoms with van der Waals surface area (Å²) in [6.07, 6.45) is 4.98. The van der Waals surface area contributed by atoms with E-state index in [1.165, 1.54) is 12.4 Å². The van der Waals surface area contributed by atoms with E-state index in [0.29, 0.717) is 11.6 Å². The lowest BCUT2D eigenvalue weighted by molar-refractivity contribution is -0.122. The summed E-state index contributed by atoms with van der Waals surface area (Å²) in [6, 6.07) is -0.219. The third kappa shape index (κ3) is 2.59. The Morgan fingerprint density at radius 2 is 2.31 bits per heavy atom. The number of hydrogen-bond donors (Lipinski definition) is 3. The molecule has 16 heavy (non-hydrogen) atoms. The Morgan fingerprint density at radius 1 is 1.56 bits per heavy atom. The lowest BCUT2D eigenvalue weighted by Crippen LogP contribution is -2.45. The zero-order valence-corrected chi connectivity index (χ0v) is 8.99. The summed E-state index contributed by atoms with van der Waals surface area (Å²) < 4.78 is 0. The summed E-state index contributed by atoms with van der Waals surface area (Å²) in [5, 5.41) is 11.6. The molecule has 2 amide bonds. The zero-order valence-electron chi connectivity index (χ0n) is 8.99. The molecule has 1 fully saturated rings. The minimum Gasteiger partial charge on any atom is -0.352 e. The first kappa shape index (κ1) is 10.7. The molecule has 6 heteroatoms. The number of amides is 2. The maximum Gasteiger partial charge on any atom is 0.255 e. The average molecular weight is 222 g/mol. The molecule has 0 spiro atoms. The molecule has 1 heterocycles. The maximum absolute atomic E-state index is 11.6. The predicted molar refractivity (Wildman–Crippen MR) is 56.7 cm³/mol. The minimum atomic E-state index is -0.525. The highest BCUT2D eigenvalue weighted by atomic mass is 16.2. The number of hydrogen-bond acceptors (Lipinski definition) is 3. The lowest BCUT2D eigenvalue weighted by Gasteiger charge is -2.12. The van der Waals surface area contributed by atoms with Crippen LogP contribution in [0.15, 0.2) is 12.4 Å². The summed E-state index contributed by atoms with van der Waals surface area (Å²) in [5.74, 6) is -0.438. The van der Waals surface area contributed by atoms with Crippen LogP contribution in [0.3, 0.4) is 0 Å². The highest BCUT2D eigenvalue weighted by Crippen LogP contribution is 2.18. The van der Waals surface area contributed by atoms with Crippen molar-refractivity contribution in [2.24, 2.45) is 0 Å². The van der Waals surface area contributed by atoms with Crippen LogP contribution in [-0.4, -0.2) is 34.1 Å². The van der Waals surface area contributed by atoms with Crippen molar-refractivity contribution in [1.29, 1.82) is 0 Å². The molecule has 3 N–H and O–H groups in total. The van der Waals surface area contributed by atoms with Crippen molar-refractivity contribution in [3.63, 3.8) is 0 Å². The normalized spacial score (nSPS) is 16.6. The van der Waals surface area contributed by atoms with Crippen LogP contribution in [0.2, 0.25) is 0 Å². The number of rotatable bonds is 4. The summed E-state index contributed by atoms with van der Waals surface area (Å²) in [4.78, 5) is 23.1. The summed E-state index contributed by atoms with van der Waals surface area (Å²) in [7, 11) is 0. The molecule has 1 aromatic heterocycles. The van der Waals surface area contributed by atoms with Gasteiger partial charge < -0.3 is 10.6 Å². The molecule has 0 aromatic carbocycles. The number of H-pyrrole nitrogens is 1. The van der Waals surface area contributed by atoms with Gasteiger partial charge in [0.1, 0.15) is 6.04 Å². The standard InChI is InChI=1S/C10H14N4O2/c1-6(9(15)14-8-2-3-8)13-10(16)7-4-11-12-5-7/h4-6,8H,2-3H2,1H3,(H,11,12)(H,13,16)(H,14,15). The van der Waals surface area contributed by atoms with Gasteiger partial charge in [0.2, 0.25) is 5.91 Å². The first-order valence-electron chi connectivity index (χ1n) is 5.27. The van der Waals surface area contributed by atoms with Crippen LogP contribution in [0, 0.1) is 0 Å². The maximum atomic E-state index is 11.6. The molecule has 6 nitrogen and oxygen atoms in total. The van der Waals surface area contributed by atoms with Gasteiger partial charge in [-0.15, -0.1) is 0 Å². The largest absolute Gasteiger partial charge is 0.352 e. The van der Waals surface area contributed by atoms with Gasteiger partial charge in [0.05, 0.1) is 11.8 Å². The fourth-order valence-corrected chi connectivity index (χ4v) is 1.27. The zero-order chi connectivity index (χ0) is 11.5. The molecule has 1 aliphatic carbocycles. The van der Waals surface area contributed by atoms with Gasteiger partial charge in [0.15, 0.2) is 0 Å². The van der Waals surface area contributed by atoms with Crippen LogP contribution in [0.1, 0.15) is 30.1 Å². The topological polar surface area (TPSA) is 86.9 Å². The van der Waals surface area contributed by atoms with Crippen LogP contribution in [-0.2, 0) is 4.79 Å². The second kappa shape index (κ2) is 4.34. The van der Waals surface area contributed by atoms with Crippen molar-refractivity contribution in [2.45, 2.75) is 31.8 Å². The Hall–Kier alpha value is -1.85. The molecular formula is C10H14N4O2. The van der Waals surface area contributed by atoms with E-state index in [-0.39, 0.29) is 11.8 Å². The number of nitrogens with one attached hydrogen (secondary N) is 3. The van der Waals surface area contributed by atoms with Crippen molar-refractivity contribution in [1.82, 2.24) is 20.8 Å². The van der Waals surface area contributed by atoms with Crippen LogP contribution >= 0.6 is 0 Å². The fourth-order valence-electron chi connectivity index (χ4n) is 1.27. The van der Waals surface area contributed by atoms with E-state index >= 15 is 0 Å². The summed E-state index contributed by atoms with van der Waals surface area (Å²) in [6.45, 7) is 1.66.